The molecule has 1 heterocycles. The standard InChI is InChI=1S/C13H14ClN3S/c1-9(18-2)8-17-11-5-3-4-10(7-15)13(11)16-12(17)6-14/h3-5,9H,6,8H2,1-2H3. The number of imidazole rings is 1. The zero-order chi connectivity index (χ0) is 13.1. The first-order chi connectivity index (χ1) is 8.71. The lowest BCUT2D eigenvalue weighted by molar-refractivity contribution is 0.685. The molecule has 1 unspecified atom stereocenters. The average molecular weight is 280 g/mol. The average Bonchev–Trinajstić information content (AvgIpc) is 2.76. The van der Waals surface area contributed by atoms with E-state index in [1.165, 1.54) is 0 Å². The van der Waals surface area contributed by atoms with Crippen molar-refractivity contribution in [3.05, 3.63) is 29.6 Å². The quantitative estimate of drug-likeness (QED) is 0.806. The molecule has 0 radical (unpaired) electrons. The number of hydrogen-bond acceptors (Lipinski definition) is 3. The van der Waals surface area contributed by atoms with Gasteiger partial charge in [0, 0.05) is 11.8 Å². The summed E-state index contributed by atoms with van der Waals surface area (Å²) in [5, 5.41) is 9.58. The lowest BCUT2D eigenvalue weighted by Crippen LogP contribution is -2.11. The summed E-state index contributed by atoms with van der Waals surface area (Å²) >= 11 is 7.76. The van der Waals surface area contributed by atoms with Gasteiger partial charge in [0.15, 0.2) is 0 Å². The first kappa shape index (κ1) is 13.3. The Hall–Kier alpha value is -1.18. The molecule has 0 fully saturated rings. The second-order valence-corrected chi connectivity index (χ2v) is 5.65. The lowest BCUT2D eigenvalue weighted by atomic mass is 10.2. The van der Waals surface area contributed by atoms with Gasteiger partial charge < -0.3 is 4.57 Å². The van der Waals surface area contributed by atoms with E-state index in [9.17, 15) is 0 Å². The molecular formula is C13H14ClN3S. The number of nitriles is 1. The van der Waals surface area contributed by atoms with Gasteiger partial charge in [0.25, 0.3) is 0 Å². The Bertz CT molecular complexity index is 600. The van der Waals surface area contributed by atoms with Crippen molar-refractivity contribution in [1.29, 1.82) is 5.26 Å². The zero-order valence-corrected chi connectivity index (χ0v) is 11.9. The summed E-state index contributed by atoms with van der Waals surface area (Å²) < 4.78 is 2.12. The molecule has 1 atom stereocenters. The van der Waals surface area contributed by atoms with Gasteiger partial charge in [-0.1, -0.05) is 13.0 Å². The summed E-state index contributed by atoms with van der Waals surface area (Å²) in [5.41, 5.74) is 2.35. The molecule has 0 aliphatic rings. The first-order valence-electron chi connectivity index (χ1n) is 5.68. The van der Waals surface area contributed by atoms with E-state index < -0.39 is 0 Å². The number of thioether (sulfide) groups is 1. The van der Waals surface area contributed by atoms with Crippen LogP contribution in [0.4, 0.5) is 0 Å². The van der Waals surface area contributed by atoms with Crippen LogP contribution in [0.25, 0.3) is 11.0 Å². The summed E-state index contributed by atoms with van der Waals surface area (Å²) in [5.74, 6) is 1.19. The molecule has 1 aromatic heterocycles. The second-order valence-electron chi connectivity index (χ2n) is 4.10. The highest BCUT2D eigenvalue weighted by atomic mass is 35.5. The molecule has 0 aliphatic heterocycles. The summed E-state index contributed by atoms with van der Waals surface area (Å²) in [6.07, 6.45) is 2.09. The van der Waals surface area contributed by atoms with Crippen LogP contribution in [-0.4, -0.2) is 21.1 Å². The second kappa shape index (κ2) is 5.64. The van der Waals surface area contributed by atoms with Gasteiger partial charge in [-0.25, -0.2) is 4.98 Å². The van der Waals surface area contributed by atoms with Crippen LogP contribution in [0.1, 0.15) is 18.3 Å². The molecule has 5 heteroatoms. The minimum atomic E-state index is 0.362. The summed E-state index contributed by atoms with van der Waals surface area (Å²) in [4.78, 5) is 4.49. The van der Waals surface area contributed by atoms with Gasteiger partial charge in [-0.3, -0.25) is 0 Å². The Morgan fingerprint density at radius 1 is 1.56 bits per heavy atom. The minimum Gasteiger partial charge on any atom is -0.326 e. The fourth-order valence-corrected chi connectivity index (χ4v) is 2.42. The molecular weight excluding hydrogens is 266 g/mol. The summed E-state index contributed by atoms with van der Waals surface area (Å²) in [7, 11) is 0. The maximum atomic E-state index is 9.10. The van der Waals surface area contributed by atoms with Crippen molar-refractivity contribution >= 4 is 34.4 Å². The number of nitrogens with zero attached hydrogens (tertiary/aromatic N) is 3. The van der Waals surface area contributed by atoms with Crippen molar-refractivity contribution < 1.29 is 0 Å². The van der Waals surface area contributed by atoms with Gasteiger partial charge in [0.2, 0.25) is 0 Å². The van der Waals surface area contributed by atoms with Crippen molar-refractivity contribution in [2.24, 2.45) is 0 Å². The fourth-order valence-electron chi connectivity index (χ4n) is 1.92. The monoisotopic (exact) mass is 279 g/mol. The van der Waals surface area contributed by atoms with Crippen LogP contribution in [0.2, 0.25) is 0 Å². The maximum absolute atomic E-state index is 9.10. The first-order valence-corrected chi connectivity index (χ1v) is 7.50. The number of benzene rings is 1. The van der Waals surface area contributed by atoms with Crippen molar-refractivity contribution in [1.82, 2.24) is 9.55 Å². The van der Waals surface area contributed by atoms with Crippen LogP contribution >= 0.6 is 23.4 Å². The molecule has 18 heavy (non-hydrogen) atoms. The topological polar surface area (TPSA) is 41.6 Å². The van der Waals surface area contributed by atoms with Crippen LogP contribution in [-0.2, 0) is 12.4 Å². The number of fused-ring (bicyclic) bond motifs is 1. The number of rotatable bonds is 4. The van der Waals surface area contributed by atoms with Crippen LogP contribution in [0.15, 0.2) is 18.2 Å². The molecule has 0 bridgehead atoms. The normalized spacial score (nSPS) is 12.6. The van der Waals surface area contributed by atoms with Crippen LogP contribution in [0.5, 0.6) is 0 Å². The highest BCUT2D eigenvalue weighted by Gasteiger charge is 2.14. The highest BCUT2D eigenvalue weighted by molar-refractivity contribution is 7.99. The molecule has 0 N–H and O–H groups in total. The molecule has 94 valence electrons. The van der Waals surface area contributed by atoms with Gasteiger partial charge in [-0.05, 0) is 18.4 Å². The van der Waals surface area contributed by atoms with Gasteiger partial charge in [0.05, 0.1) is 17.0 Å². The van der Waals surface area contributed by atoms with E-state index in [-0.39, 0.29) is 0 Å². The summed E-state index contributed by atoms with van der Waals surface area (Å²) in [6, 6.07) is 7.85. The molecule has 0 spiro atoms. The number of hydrogen-bond donors (Lipinski definition) is 0. The zero-order valence-electron chi connectivity index (χ0n) is 10.4. The Morgan fingerprint density at radius 2 is 2.33 bits per heavy atom. The van der Waals surface area contributed by atoms with Crippen LogP contribution in [0.3, 0.4) is 0 Å². The molecule has 3 nitrogen and oxygen atoms in total. The number of para-hydroxylation sites is 1. The van der Waals surface area contributed by atoms with E-state index >= 15 is 0 Å². The van der Waals surface area contributed by atoms with E-state index in [1.807, 2.05) is 12.1 Å². The van der Waals surface area contributed by atoms with Crippen LogP contribution < -0.4 is 0 Å². The predicted octanol–water partition coefficient (Wildman–Crippen LogP) is 3.40. The third-order valence-corrected chi connectivity index (χ3v) is 4.13. The van der Waals surface area contributed by atoms with Gasteiger partial charge in [-0.2, -0.15) is 17.0 Å². The molecule has 1 aromatic carbocycles. The fraction of sp³-hybridized carbons (Fsp3) is 0.385. The van der Waals surface area contributed by atoms with Crippen molar-refractivity contribution in [3.63, 3.8) is 0 Å². The molecule has 2 aromatic rings. The molecule has 2 rings (SSSR count). The number of halogens is 1. The number of aromatic nitrogens is 2. The van der Waals surface area contributed by atoms with Gasteiger partial charge in [-0.15, -0.1) is 11.6 Å². The Labute approximate surface area is 116 Å². The predicted molar refractivity (Wildman–Crippen MR) is 77.0 cm³/mol. The van der Waals surface area contributed by atoms with Gasteiger partial charge in [0.1, 0.15) is 17.4 Å². The van der Waals surface area contributed by atoms with Gasteiger partial charge >= 0.3 is 0 Å². The highest BCUT2D eigenvalue weighted by Crippen LogP contribution is 2.22. The molecule has 0 saturated heterocycles. The Kier molecular flexibility index (Phi) is 4.15. The lowest BCUT2D eigenvalue weighted by Gasteiger charge is -2.12. The SMILES string of the molecule is CSC(C)Cn1c(CCl)nc2c(C#N)cccc21. The van der Waals surface area contributed by atoms with Crippen molar-refractivity contribution in [3.8, 4) is 6.07 Å². The van der Waals surface area contributed by atoms with E-state index in [0.717, 1.165) is 23.4 Å². The van der Waals surface area contributed by atoms with Crippen LogP contribution in [0, 0.1) is 11.3 Å². The largest absolute Gasteiger partial charge is 0.326 e. The molecule has 0 amide bonds. The third kappa shape index (κ3) is 2.33. The van der Waals surface area contributed by atoms with Crippen molar-refractivity contribution in [2.45, 2.75) is 24.6 Å². The maximum Gasteiger partial charge on any atom is 0.124 e. The Morgan fingerprint density at radius 3 is 2.94 bits per heavy atom. The van der Waals surface area contributed by atoms with E-state index in [2.05, 4.69) is 28.8 Å². The molecule has 0 saturated carbocycles. The molecule has 0 aliphatic carbocycles. The third-order valence-electron chi connectivity index (χ3n) is 2.94. The van der Waals surface area contributed by atoms with E-state index in [1.54, 1.807) is 17.8 Å². The minimum absolute atomic E-state index is 0.362. The van der Waals surface area contributed by atoms with E-state index in [0.29, 0.717) is 16.7 Å². The van der Waals surface area contributed by atoms with E-state index in [4.69, 9.17) is 16.9 Å². The van der Waals surface area contributed by atoms with Crippen molar-refractivity contribution in [2.75, 3.05) is 6.26 Å². The smallest absolute Gasteiger partial charge is 0.124 e. The summed E-state index contributed by atoms with van der Waals surface area (Å²) in [6.45, 7) is 3.03. The Balaban J connectivity index is 2.60. The number of alkyl halides is 1.